The predicted octanol–water partition coefficient (Wildman–Crippen LogP) is 2.90. The molecule has 3 nitrogen and oxygen atoms in total. The van der Waals surface area contributed by atoms with Gasteiger partial charge in [-0.1, -0.05) is 27.7 Å². The minimum Gasteiger partial charge on any atom is -0.467 e. The van der Waals surface area contributed by atoms with Crippen LogP contribution in [0, 0.1) is 5.41 Å². The van der Waals surface area contributed by atoms with E-state index in [1.165, 1.54) is 6.92 Å². The highest BCUT2D eigenvalue weighted by molar-refractivity contribution is 5.81. The third-order valence-corrected chi connectivity index (χ3v) is 2.85. The minimum absolute atomic E-state index is 0.103. The zero-order chi connectivity index (χ0) is 14.6. The fourth-order valence-corrected chi connectivity index (χ4v) is 1.58. The average molecular weight is 269 g/mol. The van der Waals surface area contributed by atoms with Gasteiger partial charge in [-0.15, -0.1) is 0 Å². The van der Waals surface area contributed by atoms with Crippen molar-refractivity contribution in [1.82, 2.24) is 5.32 Å². The van der Waals surface area contributed by atoms with Crippen LogP contribution < -0.4 is 5.32 Å². The summed E-state index contributed by atoms with van der Waals surface area (Å²) in [6.45, 7) is 7.19. The molecule has 1 N–H and O–H groups in total. The molecule has 6 heteroatoms. The van der Waals surface area contributed by atoms with Crippen LogP contribution >= 0.6 is 0 Å². The van der Waals surface area contributed by atoms with E-state index < -0.39 is 24.1 Å². The van der Waals surface area contributed by atoms with Crippen LogP contribution in [0.4, 0.5) is 13.2 Å². The van der Waals surface area contributed by atoms with Gasteiger partial charge < -0.3 is 4.74 Å². The van der Waals surface area contributed by atoms with Crippen LogP contribution in [0.25, 0.3) is 0 Å². The fraction of sp³-hybridized carbons (Fsp3) is 0.917. The predicted molar refractivity (Wildman–Crippen MR) is 63.2 cm³/mol. The molecule has 18 heavy (non-hydrogen) atoms. The highest BCUT2D eigenvalue weighted by atomic mass is 19.4. The molecule has 1 unspecified atom stereocenters. The van der Waals surface area contributed by atoms with Gasteiger partial charge in [0.05, 0.1) is 7.11 Å². The van der Waals surface area contributed by atoms with Crippen LogP contribution in [-0.2, 0) is 9.53 Å². The molecule has 0 aliphatic carbocycles. The molecule has 108 valence electrons. The van der Waals surface area contributed by atoms with Gasteiger partial charge in [0, 0.05) is 0 Å². The van der Waals surface area contributed by atoms with E-state index in [9.17, 15) is 18.0 Å². The Morgan fingerprint density at radius 1 is 1.22 bits per heavy atom. The third kappa shape index (κ3) is 4.15. The number of ether oxygens (including phenoxy) is 1. The van der Waals surface area contributed by atoms with Gasteiger partial charge in [0.1, 0.15) is 0 Å². The number of halogens is 3. The van der Waals surface area contributed by atoms with Gasteiger partial charge in [-0.2, -0.15) is 13.2 Å². The van der Waals surface area contributed by atoms with Gasteiger partial charge in [0.15, 0.2) is 0 Å². The van der Waals surface area contributed by atoms with Crippen molar-refractivity contribution in [3.8, 4) is 0 Å². The van der Waals surface area contributed by atoms with Crippen molar-refractivity contribution in [2.75, 3.05) is 13.7 Å². The van der Waals surface area contributed by atoms with Gasteiger partial charge in [-0.05, 0) is 24.8 Å². The number of nitrogens with one attached hydrogen (secondary N) is 1. The van der Waals surface area contributed by atoms with Crippen molar-refractivity contribution in [2.24, 2.45) is 5.41 Å². The van der Waals surface area contributed by atoms with Crippen molar-refractivity contribution in [3.05, 3.63) is 0 Å². The Morgan fingerprint density at radius 3 is 2.00 bits per heavy atom. The molecule has 0 spiro atoms. The number of rotatable bonds is 5. The minimum atomic E-state index is -4.67. The molecule has 0 radical (unpaired) electrons. The molecule has 0 aromatic heterocycles. The lowest BCUT2D eigenvalue weighted by atomic mass is 9.90. The first-order chi connectivity index (χ1) is 8.00. The average Bonchev–Trinajstić information content (AvgIpc) is 2.20. The number of methoxy groups -OCH3 is 1. The summed E-state index contributed by atoms with van der Waals surface area (Å²) >= 11 is 0. The van der Waals surface area contributed by atoms with Crippen LogP contribution in [0.15, 0.2) is 0 Å². The van der Waals surface area contributed by atoms with E-state index in [2.05, 4.69) is 10.1 Å². The highest BCUT2D eigenvalue weighted by Crippen LogP contribution is 2.34. The Balaban J connectivity index is 4.94. The van der Waals surface area contributed by atoms with Gasteiger partial charge in [0.2, 0.25) is 5.54 Å². The van der Waals surface area contributed by atoms with E-state index in [1.807, 2.05) is 20.8 Å². The second-order valence-electron chi connectivity index (χ2n) is 5.49. The summed E-state index contributed by atoms with van der Waals surface area (Å²) < 4.78 is 43.5. The van der Waals surface area contributed by atoms with Crippen LogP contribution in [0.5, 0.6) is 0 Å². The monoisotopic (exact) mass is 269 g/mol. The zero-order valence-corrected chi connectivity index (χ0v) is 11.6. The smallest absolute Gasteiger partial charge is 0.417 e. The molecule has 0 aliphatic rings. The van der Waals surface area contributed by atoms with Crippen molar-refractivity contribution < 1.29 is 22.7 Å². The molecule has 0 heterocycles. The molecular formula is C12H22F3NO2. The second-order valence-corrected chi connectivity index (χ2v) is 5.49. The van der Waals surface area contributed by atoms with E-state index in [4.69, 9.17) is 0 Å². The van der Waals surface area contributed by atoms with Crippen molar-refractivity contribution in [2.45, 2.75) is 52.3 Å². The first kappa shape index (κ1) is 17.2. The van der Waals surface area contributed by atoms with E-state index in [1.54, 1.807) is 0 Å². The number of hydrogen-bond donors (Lipinski definition) is 1. The van der Waals surface area contributed by atoms with Crippen molar-refractivity contribution >= 4 is 5.97 Å². The molecule has 0 bridgehead atoms. The SMILES string of the molecule is CCC(NCCC(C)(C)C)(C(=O)OC)C(F)(F)F. The number of hydrogen-bond acceptors (Lipinski definition) is 3. The zero-order valence-electron chi connectivity index (χ0n) is 11.6. The van der Waals surface area contributed by atoms with Gasteiger partial charge in [-0.25, -0.2) is 4.79 Å². The lowest BCUT2D eigenvalue weighted by molar-refractivity contribution is -0.213. The molecule has 0 aromatic carbocycles. The summed E-state index contributed by atoms with van der Waals surface area (Å²) in [5.74, 6) is -1.29. The molecule has 0 saturated heterocycles. The van der Waals surface area contributed by atoms with E-state index in [0.29, 0.717) is 6.42 Å². The van der Waals surface area contributed by atoms with E-state index >= 15 is 0 Å². The topological polar surface area (TPSA) is 38.3 Å². The molecule has 0 aliphatic heterocycles. The molecular weight excluding hydrogens is 247 g/mol. The number of carbonyl (C=O) groups excluding carboxylic acids is 1. The van der Waals surface area contributed by atoms with Gasteiger partial charge in [0.25, 0.3) is 0 Å². The maximum atomic E-state index is 13.1. The van der Waals surface area contributed by atoms with Crippen molar-refractivity contribution in [3.63, 3.8) is 0 Å². The summed E-state index contributed by atoms with van der Waals surface area (Å²) in [7, 11) is 0.962. The first-order valence-corrected chi connectivity index (χ1v) is 5.90. The van der Waals surface area contributed by atoms with Gasteiger partial charge in [-0.3, -0.25) is 5.32 Å². The lowest BCUT2D eigenvalue weighted by Gasteiger charge is -2.34. The fourth-order valence-electron chi connectivity index (χ4n) is 1.58. The quantitative estimate of drug-likeness (QED) is 0.780. The van der Waals surface area contributed by atoms with E-state index in [-0.39, 0.29) is 12.0 Å². The van der Waals surface area contributed by atoms with Crippen LogP contribution in [0.1, 0.15) is 40.5 Å². The molecule has 0 aromatic rings. The Bertz CT molecular complexity index is 284. The molecule has 0 saturated carbocycles. The highest BCUT2D eigenvalue weighted by Gasteiger charge is 2.59. The number of alkyl halides is 3. The number of carbonyl (C=O) groups is 1. The largest absolute Gasteiger partial charge is 0.467 e. The Kier molecular flexibility index (Phi) is 5.65. The molecule has 0 amide bonds. The van der Waals surface area contributed by atoms with E-state index in [0.717, 1.165) is 7.11 Å². The Labute approximate surface area is 106 Å². The van der Waals surface area contributed by atoms with Crippen molar-refractivity contribution in [1.29, 1.82) is 0 Å². The summed E-state index contributed by atoms with van der Waals surface area (Å²) in [6.07, 6.45) is -4.54. The lowest BCUT2D eigenvalue weighted by Crippen LogP contribution is -2.62. The van der Waals surface area contributed by atoms with Crippen LogP contribution in [-0.4, -0.2) is 31.3 Å². The van der Waals surface area contributed by atoms with Gasteiger partial charge >= 0.3 is 12.1 Å². The standard InChI is InChI=1S/C12H22F3NO2/c1-6-11(9(17)18-5,12(13,14)15)16-8-7-10(2,3)4/h16H,6-8H2,1-5H3. The summed E-state index contributed by atoms with van der Waals surface area (Å²) in [4.78, 5) is 11.5. The first-order valence-electron chi connectivity index (χ1n) is 5.90. The summed E-state index contributed by atoms with van der Waals surface area (Å²) in [5.41, 5.74) is -2.71. The maximum Gasteiger partial charge on any atom is 0.417 e. The maximum absolute atomic E-state index is 13.1. The third-order valence-electron chi connectivity index (χ3n) is 2.85. The van der Waals surface area contributed by atoms with Crippen LogP contribution in [0.2, 0.25) is 0 Å². The number of esters is 1. The summed E-state index contributed by atoms with van der Waals surface area (Å²) in [6, 6.07) is 0. The molecule has 1 atom stereocenters. The Hall–Kier alpha value is -0.780. The normalized spacial score (nSPS) is 16.2. The van der Waals surface area contributed by atoms with Crippen LogP contribution in [0.3, 0.4) is 0 Å². The second kappa shape index (κ2) is 5.91. The Morgan fingerprint density at radius 2 is 1.72 bits per heavy atom. The molecule has 0 fully saturated rings. The molecule has 0 rings (SSSR count). The summed E-state index contributed by atoms with van der Waals surface area (Å²) in [5, 5.41) is 2.33.